The highest BCUT2D eigenvalue weighted by Crippen LogP contribution is 2.41. The van der Waals surface area contributed by atoms with Crippen LogP contribution in [0.1, 0.15) is 23.4 Å². The first-order valence-electron chi connectivity index (χ1n) is 7.82. The molecule has 1 unspecified atom stereocenters. The maximum Gasteiger partial charge on any atom is 0.219 e. The number of hydrogen-bond donors (Lipinski definition) is 2. The molecule has 23 heavy (non-hydrogen) atoms. The number of carbonyl (C=O) groups excluding carboxylic acids is 1. The van der Waals surface area contributed by atoms with Crippen molar-refractivity contribution in [3.63, 3.8) is 0 Å². The summed E-state index contributed by atoms with van der Waals surface area (Å²) in [6, 6.07) is 6.17. The van der Waals surface area contributed by atoms with Crippen LogP contribution in [0.2, 0.25) is 0 Å². The van der Waals surface area contributed by atoms with Crippen LogP contribution in [0.25, 0.3) is 11.1 Å². The van der Waals surface area contributed by atoms with Crippen LogP contribution in [0.3, 0.4) is 0 Å². The maximum atomic E-state index is 11.0. The predicted molar refractivity (Wildman–Crippen MR) is 88.1 cm³/mol. The van der Waals surface area contributed by atoms with Gasteiger partial charge >= 0.3 is 0 Å². The van der Waals surface area contributed by atoms with Crippen LogP contribution in [0.5, 0.6) is 5.75 Å². The van der Waals surface area contributed by atoms with Gasteiger partial charge in [0.2, 0.25) is 5.91 Å². The number of benzene rings is 1. The fourth-order valence-electron chi connectivity index (χ4n) is 3.19. The largest absolute Gasteiger partial charge is 0.488 e. The van der Waals surface area contributed by atoms with Gasteiger partial charge in [-0.2, -0.15) is 5.10 Å². The van der Waals surface area contributed by atoms with Crippen LogP contribution in [0, 0.1) is 13.8 Å². The number of hydrogen-bond acceptors (Lipinski definition) is 4. The molecule has 2 aromatic rings. The molecule has 1 aromatic heterocycles. The molecule has 6 heteroatoms. The SMILES string of the molecule is Cc1nn(CCC(N)=O)c(C)c1-c1cccc2c1OC(CN)C2. The summed E-state index contributed by atoms with van der Waals surface area (Å²) in [5.74, 6) is 0.581. The van der Waals surface area contributed by atoms with E-state index in [1.165, 1.54) is 5.56 Å². The Kier molecular flexibility index (Phi) is 4.09. The van der Waals surface area contributed by atoms with Crippen molar-refractivity contribution in [1.82, 2.24) is 9.78 Å². The normalized spacial score (nSPS) is 16.2. The first kappa shape index (κ1) is 15.6. The van der Waals surface area contributed by atoms with Crippen molar-refractivity contribution in [3.05, 3.63) is 35.2 Å². The molecule has 1 amide bonds. The van der Waals surface area contributed by atoms with Crippen molar-refractivity contribution in [2.75, 3.05) is 6.54 Å². The van der Waals surface area contributed by atoms with Crippen molar-refractivity contribution < 1.29 is 9.53 Å². The number of fused-ring (bicyclic) bond motifs is 1. The third kappa shape index (κ3) is 2.82. The van der Waals surface area contributed by atoms with Gasteiger partial charge in [0.15, 0.2) is 0 Å². The van der Waals surface area contributed by atoms with E-state index < -0.39 is 0 Å². The minimum absolute atomic E-state index is 0.0386. The van der Waals surface area contributed by atoms with Gasteiger partial charge in [-0.25, -0.2) is 0 Å². The molecule has 3 rings (SSSR count). The highest BCUT2D eigenvalue weighted by molar-refractivity contribution is 5.77. The number of nitrogens with zero attached hydrogens (tertiary/aromatic N) is 2. The van der Waals surface area contributed by atoms with E-state index in [4.69, 9.17) is 16.2 Å². The smallest absolute Gasteiger partial charge is 0.219 e. The summed E-state index contributed by atoms with van der Waals surface area (Å²) < 4.78 is 7.86. The van der Waals surface area contributed by atoms with Crippen LogP contribution in [-0.4, -0.2) is 28.3 Å². The summed E-state index contributed by atoms with van der Waals surface area (Å²) in [5, 5.41) is 4.55. The van der Waals surface area contributed by atoms with Gasteiger partial charge in [0, 0.05) is 42.8 Å². The number of ether oxygens (including phenoxy) is 1. The van der Waals surface area contributed by atoms with Crippen LogP contribution in [0.15, 0.2) is 18.2 Å². The summed E-state index contributed by atoms with van der Waals surface area (Å²) >= 11 is 0. The van der Waals surface area contributed by atoms with E-state index in [1.807, 2.05) is 30.7 Å². The lowest BCUT2D eigenvalue weighted by Crippen LogP contribution is -2.24. The summed E-state index contributed by atoms with van der Waals surface area (Å²) in [6.07, 6.45) is 1.16. The van der Waals surface area contributed by atoms with E-state index >= 15 is 0 Å². The molecule has 0 fully saturated rings. The molecule has 0 saturated carbocycles. The third-order valence-electron chi connectivity index (χ3n) is 4.31. The molecule has 122 valence electrons. The second kappa shape index (κ2) is 6.04. The molecular weight excluding hydrogens is 292 g/mol. The lowest BCUT2D eigenvalue weighted by atomic mass is 9.99. The number of nitrogens with two attached hydrogens (primary N) is 2. The molecule has 0 spiro atoms. The fraction of sp³-hybridized carbons (Fsp3) is 0.412. The Morgan fingerprint density at radius 2 is 2.22 bits per heavy atom. The monoisotopic (exact) mass is 314 g/mol. The van der Waals surface area contributed by atoms with Gasteiger partial charge in [0.25, 0.3) is 0 Å². The van der Waals surface area contributed by atoms with Crippen molar-refractivity contribution in [1.29, 1.82) is 0 Å². The molecule has 1 aliphatic heterocycles. The minimum Gasteiger partial charge on any atom is -0.488 e. The van der Waals surface area contributed by atoms with Gasteiger partial charge in [0.1, 0.15) is 11.9 Å². The molecule has 4 N–H and O–H groups in total. The van der Waals surface area contributed by atoms with Gasteiger partial charge in [-0.05, 0) is 19.4 Å². The third-order valence-corrected chi connectivity index (χ3v) is 4.31. The Bertz CT molecular complexity index is 751. The second-order valence-corrected chi connectivity index (χ2v) is 5.96. The quantitative estimate of drug-likeness (QED) is 0.869. The second-order valence-electron chi connectivity index (χ2n) is 5.96. The van der Waals surface area contributed by atoms with E-state index in [2.05, 4.69) is 11.2 Å². The summed E-state index contributed by atoms with van der Waals surface area (Å²) in [5.41, 5.74) is 16.2. The topological polar surface area (TPSA) is 96.2 Å². The van der Waals surface area contributed by atoms with Gasteiger partial charge in [-0.1, -0.05) is 18.2 Å². The van der Waals surface area contributed by atoms with Crippen LogP contribution in [0.4, 0.5) is 0 Å². The lowest BCUT2D eigenvalue weighted by Gasteiger charge is -2.11. The standard InChI is InChI=1S/C17H22N4O2/c1-10-16(11(2)21(20-10)7-6-15(19)22)14-5-3-4-12-8-13(9-18)23-17(12)14/h3-5,13H,6-9,18H2,1-2H3,(H2,19,22). The average molecular weight is 314 g/mol. The molecule has 0 saturated heterocycles. The summed E-state index contributed by atoms with van der Waals surface area (Å²) in [6.45, 7) is 4.97. The van der Waals surface area contributed by atoms with Crippen molar-refractivity contribution >= 4 is 5.91 Å². The first-order chi connectivity index (χ1) is 11.0. The maximum absolute atomic E-state index is 11.0. The first-order valence-corrected chi connectivity index (χ1v) is 7.82. The number of aryl methyl sites for hydroxylation is 2. The van der Waals surface area contributed by atoms with Gasteiger partial charge in [-0.15, -0.1) is 0 Å². The Hall–Kier alpha value is -2.34. The molecular formula is C17H22N4O2. The molecule has 1 aromatic carbocycles. The van der Waals surface area contributed by atoms with E-state index in [-0.39, 0.29) is 18.4 Å². The summed E-state index contributed by atoms with van der Waals surface area (Å²) in [4.78, 5) is 11.0. The van der Waals surface area contributed by atoms with Gasteiger partial charge in [-0.3, -0.25) is 9.48 Å². The molecule has 0 aliphatic carbocycles. The summed E-state index contributed by atoms with van der Waals surface area (Å²) in [7, 11) is 0. The number of amides is 1. The van der Waals surface area contributed by atoms with E-state index in [1.54, 1.807) is 0 Å². The highest BCUT2D eigenvalue weighted by atomic mass is 16.5. The molecule has 6 nitrogen and oxygen atoms in total. The average Bonchev–Trinajstić information content (AvgIpc) is 3.06. The van der Waals surface area contributed by atoms with Crippen LogP contribution in [-0.2, 0) is 17.8 Å². The van der Waals surface area contributed by atoms with Crippen molar-refractivity contribution in [2.45, 2.75) is 39.3 Å². The molecule has 1 aliphatic rings. The van der Waals surface area contributed by atoms with Gasteiger partial charge < -0.3 is 16.2 Å². The number of para-hydroxylation sites is 1. The molecule has 2 heterocycles. The Balaban J connectivity index is 2.01. The Morgan fingerprint density at radius 1 is 1.43 bits per heavy atom. The number of primary amides is 1. The lowest BCUT2D eigenvalue weighted by molar-refractivity contribution is -0.118. The number of carbonyl (C=O) groups is 1. The minimum atomic E-state index is -0.325. The van der Waals surface area contributed by atoms with E-state index in [9.17, 15) is 4.79 Å². The Labute approximate surface area is 135 Å². The molecule has 1 atom stereocenters. The number of aromatic nitrogens is 2. The van der Waals surface area contributed by atoms with Crippen molar-refractivity contribution in [2.24, 2.45) is 11.5 Å². The Morgan fingerprint density at radius 3 is 2.91 bits per heavy atom. The van der Waals surface area contributed by atoms with Crippen molar-refractivity contribution in [3.8, 4) is 16.9 Å². The zero-order valence-electron chi connectivity index (χ0n) is 13.5. The zero-order chi connectivity index (χ0) is 16.6. The molecule has 0 radical (unpaired) electrons. The zero-order valence-corrected chi connectivity index (χ0v) is 13.5. The fourth-order valence-corrected chi connectivity index (χ4v) is 3.19. The predicted octanol–water partition coefficient (Wildman–Crippen LogP) is 1.30. The molecule has 0 bridgehead atoms. The van der Waals surface area contributed by atoms with Crippen LogP contribution < -0.4 is 16.2 Å². The number of rotatable bonds is 5. The van der Waals surface area contributed by atoms with E-state index in [0.29, 0.717) is 13.1 Å². The van der Waals surface area contributed by atoms with Crippen LogP contribution >= 0.6 is 0 Å². The van der Waals surface area contributed by atoms with E-state index in [0.717, 1.165) is 34.7 Å². The highest BCUT2D eigenvalue weighted by Gasteiger charge is 2.27. The van der Waals surface area contributed by atoms with Gasteiger partial charge in [0.05, 0.1) is 5.69 Å².